The topological polar surface area (TPSA) is 17.1 Å². The number of carbonyl (C=O) groups is 1. The fourth-order valence-electron chi connectivity index (χ4n) is 1.40. The molecule has 0 unspecified atom stereocenters. The van der Waals surface area contributed by atoms with Gasteiger partial charge < -0.3 is 0 Å². The summed E-state index contributed by atoms with van der Waals surface area (Å²) in [6, 6.07) is 8.32. The van der Waals surface area contributed by atoms with Crippen molar-refractivity contribution in [3.63, 3.8) is 0 Å². The normalized spacial score (nSPS) is 11.8. The van der Waals surface area contributed by atoms with E-state index in [2.05, 4.69) is 0 Å². The van der Waals surface area contributed by atoms with Crippen LogP contribution in [-0.2, 0) is 0 Å². The fourth-order valence-corrected chi connectivity index (χ4v) is 2.28. The van der Waals surface area contributed by atoms with Crippen LogP contribution in [0.1, 0.15) is 29.6 Å². The average molecular weight is 294 g/mol. The highest BCUT2D eigenvalue weighted by molar-refractivity contribution is 8.14. The van der Waals surface area contributed by atoms with Gasteiger partial charge in [0.15, 0.2) is 0 Å². The Kier molecular flexibility index (Phi) is 6.34. The smallest absolute Gasteiger partial charge is 0.249 e. The second-order valence-electron chi connectivity index (χ2n) is 4.04. The number of halogens is 4. The molecule has 0 bridgehead atoms. The summed E-state index contributed by atoms with van der Waals surface area (Å²) < 4.78 is 50.0. The molecule has 19 heavy (non-hydrogen) atoms. The third kappa shape index (κ3) is 6.61. The van der Waals surface area contributed by atoms with E-state index >= 15 is 0 Å². The van der Waals surface area contributed by atoms with Gasteiger partial charge in [-0.3, -0.25) is 4.79 Å². The maximum atomic E-state index is 13.2. The van der Waals surface area contributed by atoms with Gasteiger partial charge in [-0.2, -0.15) is 0 Å². The lowest BCUT2D eigenvalue weighted by Gasteiger charge is -2.15. The highest BCUT2D eigenvalue weighted by Gasteiger charge is 2.29. The van der Waals surface area contributed by atoms with Crippen molar-refractivity contribution in [2.45, 2.75) is 31.6 Å². The number of hydrogen-bond donors (Lipinski definition) is 0. The van der Waals surface area contributed by atoms with Crippen molar-refractivity contribution in [2.75, 3.05) is 5.75 Å². The van der Waals surface area contributed by atoms with Gasteiger partial charge >= 0.3 is 0 Å². The van der Waals surface area contributed by atoms with Crippen molar-refractivity contribution in [1.29, 1.82) is 0 Å². The molecule has 0 fully saturated rings. The van der Waals surface area contributed by atoms with Crippen LogP contribution in [-0.4, -0.2) is 23.2 Å². The van der Waals surface area contributed by atoms with Crippen LogP contribution in [0.15, 0.2) is 30.3 Å². The summed E-state index contributed by atoms with van der Waals surface area (Å²) in [5.41, 5.74) is 0.448. The molecule has 0 aliphatic rings. The summed E-state index contributed by atoms with van der Waals surface area (Å²) in [7, 11) is 0. The predicted octanol–water partition coefficient (Wildman–Crippen LogP) is 4.63. The number of carbonyl (C=O) groups excluding carboxylic acids is 1. The van der Waals surface area contributed by atoms with Gasteiger partial charge in [0, 0.05) is 30.6 Å². The second kappa shape index (κ2) is 7.53. The standard InChI is InChI=1S/C13H14F4OS/c14-11(15)6-7-13(16,17)8-9-19-12(18)10-4-2-1-3-5-10/h1-5,11H,6-9H2. The van der Waals surface area contributed by atoms with E-state index in [0.29, 0.717) is 5.56 Å². The lowest BCUT2D eigenvalue weighted by Crippen LogP contribution is -2.18. The molecule has 1 aromatic carbocycles. The molecule has 1 nitrogen and oxygen atoms in total. The van der Waals surface area contributed by atoms with E-state index in [1.54, 1.807) is 30.3 Å². The summed E-state index contributed by atoms with van der Waals surface area (Å²) in [6.45, 7) is 0. The molecule has 0 aromatic heterocycles. The highest BCUT2D eigenvalue weighted by Crippen LogP contribution is 2.28. The molecule has 0 radical (unpaired) electrons. The minimum absolute atomic E-state index is 0.0794. The van der Waals surface area contributed by atoms with Crippen LogP contribution in [0.4, 0.5) is 17.6 Å². The summed E-state index contributed by atoms with van der Waals surface area (Å²) in [5.74, 6) is -3.22. The number of alkyl halides is 4. The van der Waals surface area contributed by atoms with Crippen LogP contribution in [0, 0.1) is 0 Å². The van der Waals surface area contributed by atoms with Gasteiger partial charge in [0.1, 0.15) is 0 Å². The van der Waals surface area contributed by atoms with Gasteiger partial charge in [0.25, 0.3) is 0 Å². The molecular weight excluding hydrogens is 280 g/mol. The minimum Gasteiger partial charge on any atom is -0.282 e. The third-order valence-corrected chi connectivity index (χ3v) is 3.34. The quantitative estimate of drug-likeness (QED) is 0.682. The van der Waals surface area contributed by atoms with Crippen molar-refractivity contribution in [1.82, 2.24) is 0 Å². The number of hydrogen-bond acceptors (Lipinski definition) is 2. The predicted molar refractivity (Wildman–Crippen MR) is 68.0 cm³/mol. The van der Waals surface area contributed by atoms with Crippen molar-refractivity contribution in [3.05, 3.63) is 35.9 Å². The maximum absolute atomic E-state index is 13.2. The first-order valence-electron chi connectivity index (χ1n) is 5.79. The Bertz CT molecular complexity index is 395. The molecule has 1 rings (SSSR count). The number of rotatable bonds is 7. The molecule has 0 heterocycles. The summed E-state index contributed by atoms with van der Waals surface area (Å²) >= 11 is 0.784. The first-order valence-corrected chi connectivity index (χ1v) is 6.77. The lowest BCUT2D eigenvalue weighted by atomic mass is 10.1. The van der Waals surface area contributed by atoms with E-state index in [9.17, 15) is 22.4 Å². The molecule has 0 aliphatic heterocycles. The summed E-state index contributed by atoms with van der Waals surface area (Å²) in [5, 5.41) is -0.287. The minimum atomic E-state index is -3.14. The second-order valence-corrected chi connectivity index (χ2v) is 5.11. The monoisotopic (exact) mass is 294 g/mol. The van der Waals surface area contributed by atoms with Crippen LogP contribution in [0.2, 0.25) is 0 Å². The Balaban J connectivity index is 2.31. The van der Waals surface area contributed by atoms with Crippen LogP contribution in [0.3, 0.4) is 0 Å². The van der Waals surface area contributed by atoms with Gasteiger partial charge in [0.2, 0.25) is 17.5 Å². The Morgan fingerprint density at radius 3 is 2.37 bits per heavy atom. The molecule has 0 spiro atoms. The maximum Gasteiger partial charge on any atom is 0.249 e. The van der Waals surface area contributed by atoms with Gasteiger partial charge in [-0.15, -0.1) is 0 Å². The largest absolute Gasteiger partial charge is 0.282 e. The van der Waals surface area contributed by atoms with Crippen LogP contribution >= 0.6 is 11.8 Å². The fraction of sp³-hybridized carbons (Fsp3) is 0.462. The molecular formula is C13H14F4OS. The Hall–Kier alpha value is -1.04. The molecule has 0 atom stereocenters. The van der Waals surface area contributed by atoms with E-state index in [-0.39, 0.29) is 10.9 Å². The first kappa shape index (κ1) is 16.0. The van der Waals surface area contributed by atoms with Crippen LogP contribution < -0.4 is 0 Å². The van der Waals surface area contributed by atoms with Gasteiger partial charge in [-0.25, -0.2) is 17.6 Å². The molecule has 106 valence electrons. The zero-order valence-electron chi connectivity index (χ0n) is 10.1. The average Bonchev–Trinajstić information content (AvgIpc) is 2.37. The van der Waals surface area contributed by atoms with Crippen LogP contribution in [0.5, 0.6) is 0 Å². The van der Waals surface area contributed by atoms with E-state index in [1.165, 1.54) is 0 Å². The van der Waals surface area contributed by atoms with E-state index < -0.39 is 31.6 Å². The van der Waals surface area contributed by atoms with E-state index in [4.69, 9.17) is 0 Å². The summed E-state index contributed by atoms with van der Waals surface area (Å²) in [6.07, 6.45) is -4.94. The van der Waals surface area contributed by atoms with Gasteiger partial charge in [0.05, 0.1) is 0 Å². The lowest BCUT2D eigenvalue weighted by molar-refractivity contribution is -0.0265. The highest BCUT2D eigenvalue weighted by atomic mass is 32.2. The molecule has 0 saturated carbocycles. The van der Waals surface area contributed by atoms with Crippen molar-refractivity contribution in [3.8, 4) is 0 Å². The van der Waals surface area contributed by atoms with Crippen molar-refractivity contribution < 1.29 is 22.4 Å². The Morgan fingerprint density at radius 2 is 1.79 bits per heavy atom. The number of benzene rings is 1. The molecule has 0 saturated heterocycles. The third-order valence-electron chi connectivity index (χ3n) is 2.44. The Morgan fingerprint density at radius 1 is 1.16 bits per heavy atom. The zero-order valence-corrected chi connectivity index (χ0v) is 10.9. The number of thioether (sulfide) groups is 1. The van der Waals surface area contributed by atoms with Crippen molar-refractivity contribution >= 4 is 16.9 Å². The first-order chi connectivity index (χ1) is 8.91. The molecule has 6 heteroatoms. The summed E-state index contributed by atoms with van der Waals surface area (Å²) in [4.78, 5) is 11.6. The van der Waals surface area contributed by atoms with Gasteiger partial charge in [-0.05, 0) is 0 Å². The van der Waals surface area contributed by atoms with Crippen LogP contribution in [0.25, 0.3) is 0 Å². The van der Waals surface area contributed by atoms with Gasteiger partial charge in [-0.1, -0.05) is 42.1 Å². The SMILES string of the molecule is O=C(SCCC(F)(F)CCC(F)F)c1ccccc1. The Labute approximate surface area is 113 Å². The zero-order chi connectivity index (χ0) is 14.3. The van der Waals surface area contributed by atoms with E-state index in [0.717, 1.165) is 11.8 Å². The molecule has 0 aliphatic carbocycles. The molecule has 0 N–H and O–H groups in total. The molecule has 0 amide bonds. The molecule has 1 aromatic rings. The van der Waals surface area contributed by atoms with E-state index in [1.807, 2.05) is 0 Å². The van der Waals surface area contributed by atoms with Crippen molar-refractivity contribution in [2.24, 2.45) is 0 Å².